The maximum Gasteiger partial charge on any atom is 0.231 e. The lowest BCUT2D eigenvalue weighted by Gasteiger charge is -2.19. The topological polar surface area (TPSA) is 55.0 Å². The first-order chi connectivity index (χ1) is 8.08. The van der Waals surface area contributed by atoms with E-state index in [4.69, 9.17) is 5.73 Å². The monoisotopic (exact) mass is 228 g/mol. The number of nitrogen functional groups attached to an aromatic ring is 1. The first-order valence-corrected chi connectivity index (χ1v) is 5.47. The summed E-state index contributed by atoms with van der Waals surface area (Å²) >= 11 is 0. The molecule has 0 aliphatic carbocycles. The van der Waals surface area contributed by atoms with E-state index in [1.165, 1.54) is 11.1 Å². The van der Waals surface area contributed by atoms with Gasteiger partial charge in [0.2, 0.25) is 5.95 Å². The summed E-state index contributed by atoms with van der Waals surface area (Å²) < 4.78 is 0. The van der Waals surface area contributed by atoms with Crippen molar-refractivity contribution in [2.75, 3.05) is 17.7 Å². The van der Waals surface area contributed by atoms with Crippen LogP contribution in [0.4, 0.5) is 17.5 Å². The number of nitrogens with zero attached hydrogens (tertiary/aromatic N) is 3. The van der Waals surface area contributed by atoms with Crippen LogP contribution >= 0.6 is 0 Å². The van der Waals surface area contributed by atoms with Crippen LogP contribution in [0.2, 0.25) is 0 Å². The van der Waals surface area contributed by atoms with Crippen LogP contribution < -0.4 is 10.6 Å². The van der Waals surface area contributed by atoms with Gasteiger partial charge in [-0.2, -0.15) is 4.98 Å². The molecule has 0 bridgehead atoms. The van der Waals surface area contributed by atoms with Crippen LogP contribution in [0, 0.1) is 13.8 Å². The molecule has 0 radical (unpaired) electrons. The van der Waals surface area contributed by atoms with E-state index in [2.05, 4.69) is 42.0 Å². The van der Waals surface area contributed by atoms with Gasteiger partial charge in [0, 0.05) is 18.9 Å². The summed E-state index contributed by atoms with van der Waals surface area (Å²) in [5, 5.41) is 0. The highest BCUT2D eigenvalue weighted by Crippen LogP contribution is 2.24. The quantitative estimate of drug-likeness (QED) is 0.857. The van der Waals surface area contributed by atoms with Crippen molar-refractivity contribution < 1.29 is 0 Å². The molecule has 17 heavy (non-hydrogen) atoms. The van der Waals surface area contributed by atoms with Crippen LogP contribution in [-0.2, 0) is 0 Å². The van der Waals surface area contributed by atoms with Gasteiger partial charge in [-0.05, 0) is 31.5 Å². The van der Waals surface area contributed by atoms with Crippen molar-refractivity contribution in [2.45, 2.75) is 13.8 Å². The fraction of sp³-hybridized carbons (Fsp3) is 0.231. The summed E-state index contributed by atoms with van der Waals surface area (Å²) in [5.41, 5.74) is 9.18. The lowest BCUT2D eigenvalue weighted by Crippen LogP contribution is -2.14. The lowest BCUT2D eigenvalue weighted by atomic mass is 10.1. The summed E-state index contributed by atoms with van der Waals surface area (Å²) in [6.45, 7) is 4.15. The molecule has 1 aromatic carbocycles. The van der Waals surface area contributed by atoms with Gasteiger partial charge >= 0.3 is 0 Å². The third-order valence-electron chi connectivity index (χ3n) is 2.68. The zero-order valence-corrected chi connectivity index (χ0v) is 10.3. The fourth-order valence-corrected chi connectivity index (χ4v) is 1.81. The number of aromatic nitrogens is 2. The van der Waals surface area contributed by atoms with E-state index < -0.39 is 0 Å². The number of hydrogen-bond donors (Lipinski definition) is 1. The van der Waals surface area contributed by atoms with Crippen molar-refractivity contribution in [1.82, 2.24) is 9.97 Å². The third-order valence-corrected chi connectivity index (χ3v) is 2.68. The Morgan fingerprint density at radius 2 is 1.94 bits per heavy atom. The molecule has 2 N–H and O–H groups in total. The summed E-state index contributed by atoms with van der Waals surface area (Å²) in [7, 11) is 1.94. The highest BCUT2D eigenvalue weighted by molar-refractivity contribution is 5.61. The van der Waals surface area contributed by atoms with Gasteiger partial charge in [-0.25, -0.2) is 4.98 Å². The number of rotatable bonds is 2. The molecule has 4 heteroatoms. The van der Waals surface area contributed by atoms with E-state index in [1.54, 1.807) is 12.3 Å². The predicted molar refractivity (Wildman–Crippen MR) is 70.4 cm³/mol. The normalized spacial score (nSPS) is 10.3. The van der Waals surface area contributed by atoms with Gasteiger partial charge in [-0.3, -0.25) is 0 Å². The maximum atomic E-state index is 5.66. The molecule has 0 unspecified atom stereocenters. The Kier molecular flexibility index (Phi) is 2.95. The van der Waals surface area contributed by atoms with Gasteiger partial charge in [0.15, 0.2) is 0 Å². The number of aryl methyl sites for hydroxylation is 2. The zero-order valence-electron chi connectivity index (χ0n) is 10.3. The van der Waals surface area contributed by atoms with Crippen molar-refractivity contribution in [3.05, 3.63) is 41.6 Å². The van der Waals surface area contributed by atoms with Gasteiger partial charge in [-0.1, -0.05) is 17.7 Å². The van der Waals surface area contributed by atoms with Crippen LogP contribution in [0.1, 0.15) is 11.1 Å². The molecule has 0 atom stereocenters. The van der Waals surface area contributed by atoms with Crippen LogP contribution in [0.5, 0.6) is 0 Å². The van der Waals surface area contributed by atoms with E-state index in [9.17, 15) is 0 Å². The van der Waals surface area contributed by atoms with Gasteiger partial charge in [0.05, 0.1) is 0 Å². The largest absolute Gasteiger partial charge is 0.384 e. The van der Waals surface area contributed by atoms with E-state index in [1.807, 2.05) is 11.9 Å². The maximum absolute atomic E-state index is 5.66. The third kappa shape index (κ3) is 2.36. The Labute approximate surface area is 101 Å². The molecule has 2 aromatic rings. The van der Waals surface area contributed by atoms with E-state index in [-0.39, 0.29) is 0 Å². The molecule has 0 fully saturated rings. The summed E-state index contributed by atoms with van der Waals surface area (Å²) in [4.78, 5) is 10.4. The summed E-state index contributed by atoms with van der Waals surface area (Å²) in [6, 6.07) is 7.96. The summed E-state index contributed by atoms with van der Waals surface area (Å²) in [6.07, 6.45) is 1.66. The van der Waals surface area contributed by atoms with Crippen molar-refractivity contribution in [2.24, 2.45) is 0 Å². The molecule has 4 nitrogen and oxygen atoms in total. The molecule has 1 heterocycles. The molecule has 0 aliphatic rings. The Balaban J connectivity index is 2.40. The van der Waals surface area contributed by atoms with Gasteiger partial charge < -0.3 is 10.6 Å². The van der Waals surface area contributed by atoms with Crippen molar-refractivity contribution in [3.63, 3.8) is 0 Å². The van der Waals surface area contributed by atoms with Crippen LogP contribution in [0.3, 0.4) is 0 Å². The molecule has 2 rings (SSSR count). The first kappa shape index (κ1) is 11.4. The minimum absolute atomic E-state index is 0.478. The second kappa shape index (κ2) is 4.41. The minimum atomic E-state index is 0.478. The van der Waals surface area contributed by atoms with Crippen molar-refractivity contribution in [3.8, 4) is 0 Å². The molecule has 0 saturated carbocycles. The second-order valence-electron chi connectivity index (χ2n) is 4.13. The minimum Gasteiger partial charge on any atom is -0.384 e. The number of hydrogen-bond acceptors (Lipinski definition) is 4. The first-order valence-electron chi connectivity index (χ1n) is 5.47. The second-order valence-corrected chi connectivity index (χ2v) is 4.13. The molecular formula is C13H16N4. The molecule has 0 saturated heterocycles. The van der Waals surface area contributed by atoms with Gasteiger partial charge in [0.1, 0.15) is 5.82 Å². The van der Waals surface area contributed by atoms with E-state index >= 15 is 0 Å². The van der Waals surface area contributed by atoms with Gasteiger partial charge in [-0.15, -0.1) is 0 Å². The molecule has 1 aromatic heterocycles. The standard InChI is InChI=1S/C13H16N4/c1-9-4-5-11(10(2)8-9)17(3)13-15-7-6-12(14)16-13/h4-8H,1-3H3,(H2,14,15,16). The smallest absolute Gasteiger partial charge is 0.231 e. The van der Waals surface area contributed by atoms with Gasteiger partial charge in [0.25, 0.3) is 0 Å². The van der Waals surface area contributed by atoms with Crippen LogP contribution in [-0.4, -0.2) is 17.0 Å². The van der Waals surface area contributed by atoms with Crippen molar-refractivity contribution in [1.29, 1.82) is 0 Å². The highest BCUT2D eigenvalue weighted by Gasteiger charge is 2.09. The predicted octanol–water partition coefficient (Wildman–Crippen LogP) is 2.44. The molecule has 0 aliphatic heterocycles. The number of anilines is 3. The summed E-state index contributed by atoms with van der Waals surface area (Å²) in [5.74, 6) is 1.09. The van der Waals surface area contributed by atoms with Crippen LogP contribution in [0.15, 0.2) is 30.5 Å². The molecule has 0 spiro atoms. The van der Waals surface area contributed by atoms with E-state index in [0.717, 1.165) is 5.69 Å². The Morgan fingerprint density at radius 3 is 2.59 bits per heavy atom. The average molecular weight is 228 g/mol. The molecule has 0 amide bonds. The van der Waals surface area contributed by atoms with E-state index in [0.29, 0.717) is 11.8 Å². The van der Waals surface area contributed by atoms with Crippen LogP contribution in [0.25, 0.3) is 0 Å². The number of nitrogens with two attached hydrogens (primary N) is 1. The molecular weight excluding hydrogens is 212 g/mol. The Bertz CT molecular complexity index is 537. The average Bonchev–Trinajstić information content (AvgIpc) is 2.28. The Hall–Kier alpha value is -2.10. The van der Waals surface area contributed by atoms with Crippen molar-refractivity contribution >= 4 is 17.5 Å². The lowest BCUT2D eigenvalue weighted by molar-refractivity contribution is 1.04. The zero-order chi connectivity index (χ0) is 12.4. The number of benzene rings is 1. The fourth-order valence-electron chi connectivity index (χ4n) is 1.81. The molecule has 88 valence electrons. The SMILES string of the molecule is Cc1ccc(N(C)c2nccc(N)n2)c(C)c1. The highest BCUT2D eigenvalue weighted by atomic mass is 15.2. The Morgan fingerprint density at radius 1 is 1.18 bits per heavy atom.